The molecule has 19 heavy (non-hydrogen) atoms. The highest BCUT2D eigenvalue weighted by Gasteiger charge is 2.13. The number of aryl methyl sites for hydroxylation is 1. The summed E-state index contributed by atoms with van der Waals surface area (Å²) in [6.45, 7) is 1.77. The third-order valence-corrected chi connectivity index (χ3v) is 2.94. The number of carbonyl (C=O) groups excluding carboxylic acids is 1. The van der Waals surface area contributed by atoms with Crippen LogP contribution >= 0.6 is 11.6 Å². The Kier molecular flexibility index (Phi) is 3.71. The monoisotopic (exact) mass is 278 g/mol. The molecule has 0 aromatic heterocycles. The van der Waals surface area contributed by atoms with E-state index in [-0.39, 0.29) is 16.3 Å². The predicted molar refractivity (Wildman–Crippen MR) is 75.0 cm³/mol. The summed E-state index contributed by atoms with van der Waals surface area (Å²) in [5.74, 6) is -0.992. The third-order valence-electron chi connectivity index (χ3n) is 2.61. The van der Waals surface area contributed by atoms with Gasteiger partial charge in [0.2, 0.25) is 0 Å². The van der Waals surface area contributed by atoms with Crippen molar-refractivity contribution in [1.82, 2.24) is 0 Å². The van der Waals surface area contributed by atoms with Crippen molar-refractivity contribution in [3.8, 4) is 0 Å². The van der Waals surface area contributed by atoms with E-state index in [1.54, 1.807) is 19.1 Å². The van der Waals surface area contributed by atoms with E-state index in [2.05, 4.69) is 5.32 Å². The quantitative estimate of drug-likeness (QED) is 0.824. The lowest BCUT2D eigenvalue weighted by Gasteiger charge is -2.08. The maximum atomic E-state index is 13.6. The molecule has 2 aromatic carbocycles. The molecule has 3 N–H and O–H groups in total. The lowest BCUT2D eigenvalue weighted by atomic mass is 10.1. The number of rotatable bonds is 2. The minimum atomic E-state index is -0.500. The summed E-state index contributed by atoms with van der Waals surface area (Å²) >= 11 is 5.91. The molecule has 0 heterocycles. The van der Waals surface area contributed by atoms with Crippen molar-refractivity contribution in [2.24, 2.45) is 0 Å². The SMILES string of the molecule is Cc1ccc(NC(=O)c2cc(N)ccc2Cl)c(F)c1. The molecule has 3 nitrogen and oxygen atoms in total. The van der Waals surface area contributed by atoms with Crippen molar-refractivity contribution in [2.45, 2.75) is 6.92 Å². The van der Waals surface area contributed by atoms with Crippen molar-refractivity contribution in [3.05, 3.63) is 58.4 Å². The van der Waals surface area contributed by atoms with Gasteiger partial charge in [0.05, 0.1) is 16.3 Å². The summed E-state index contributed by atoms with van der Waals surface area (Å²) in [7, 11) is 0. The van der Waals surface area contributed by atoms with Gasteiger partial charge in [0.25, 0.3) is 5.91 Å². The van der Waals surface area contributed by atoms with Gasteiger partial charge in [0.15, 0.2) is 0 Å². The first-order chi connectivity index (χ1) is 8.97. The molecule has 1 amide bonds. The average molecular weight is 279 g/mol. The average Bonchev–Trinajstić information content (AvgIpc) is 2.35. The van der Waals surface area contributed by atoms with E-state index in [9.17, 15) is 9.18 Å². The number of carbonyl (C=O) groups is 1. The van der Waals surface area contributed by atoms with Gasteiger partial charge in [-0.2, -0.15) is 0 Å². The smallest absolute Gasteiger partial charge is 0.257 e. The molecule has 0 fully saturated rings. The number of halogens is 2. The zero-order chi connectivity index (χ0) is 14.0. The van der Waals surface area contributed by atoms with Gasteiger partial charge in [-0.1, -0.05) is 17.7 Å². The minimum absolute atomic E-state index is 0.106. The Bertz CT molecular complexity index is 643. The first kappa shape index (κ1) is 13.4. The Morgan fingerprint density at radius 2 is 2.00 bits per heavy atom. The van der Waals surface area contributed by atoms with Crippen LogP contribution in [0.15, 0.2) is 36.4 Å². The molecule has 0 atom stereocenters. The van der Waals surface area contributed by atoms with Crippen LogP contribution in [0.1, 0.15) is 15.9 Å². The number of amides is 1. The van der Waals surface area contributed by atoms with Gasteiger partial charge >= 0.3 is 0 Å². The molecule has 0 radical (unpaired) electrons. The highest BCUT2D eigenvalue weighted by atomic mass is 35.5. The van der Waals surface area contributed by atoms with Crippen LogP contribution in [-0.2, 0) is 0 Å². The molecule has 98 valence electrons. The van der Waals surface area contributed by atoms with Crippen molar-refractivity contribution in [1.29, 1.82) is 0 Å². The molecule has 0 bridgehead atoms. The normalized spacial score (nSPS) is 10.3. The van der Waals surface area contributed by atoms with Crippen LogP contribution in [0.4, 0.5) is 15.8 Å². The van der Waals surface area contributed by atoms with Crippen LogP contribution in [0.3, 0.4) is 0 Å². The van der Waals surface area contributed by atoms with E-state index < -0.39 is 11.7 Å². The molecule has 2 aromatic rings. The lowest BCUT2D eigenvalue weighted by Crippen LogP contribution is -2.14. The first-order valence-corrected chi connectivity index (χ1v) is 5.97. The number of nitrogens with two attached hydrogens (primary N) is 1. The molecule has 0 aliphatic heterocycles. The van der Waals surface area contributed by atoms with Crippen LogP contribution in [0.25, 0.3) is 0 Å². The number of hydrogen-bond acceptors (Lipinski definition) is 2. The number of hydrogen-bond donors (Lipinski definition) is 2. The second-order valence-corrected chi connectivity index (χ2v) is 4.58. The van der Waals surface area contributed by atoms with Gasteiger partial charge in [-0.05, 0) is 42.8 Å². The van der Waals surface area contributed by atoms with E-state index in [1.807, 2.05) is 0 Å². The number of nitrogen functional groups attached to an aromatic ring is 1. The highest BCUT2D eigenvalue weighted by molar-refractivity contribution is 6.34. The fraction of sp³-hybridized carbons (Fsp3) is 0.0714. The molecule has 0 spiro atoms. The minimum Gasteiger partial charge on any atom is -0.399 e. The van der Waals surface area contributed by atoms with E-state index in [0.717, 1.165) is 5.56 Å². The molecule has 0 unspecified atom stereocenters. The number of benzene rings is 2. The van der Waals surface area contributed by atoms with Crippen LogP contribution in [-0.4, -0.2) is 5.91 Å². The highest BCUT2D eigenvalue weighted by Crippen LogP contribution is 2.21. The topological polar surface area (TPSA) is 55.1 Å². The molecule has 0 aliphatic carbocycles. The van der Waals surface area contributed by atoms with Crippen LogP contribution in [0.5, 0.6) is 0 Å². The molecule has 0 saturated carbocycles. The Morgan fingerprint density at radius 1 is 1.26 bits per heavy atom. The second-order valence-electron chi connectivity index (χ2n) is 4.18. The maximum Gasteiger partial charge on any atom is 0.257 e. The van der Waals surface area contributed by atoms with E-state index in [4.69, 9.17) is 17.3 Å². The fourth-order valence-corrected chi connectivity index (χ4v) is 1.83. The van der Waals surface area contributed by atoms with Crippen LogP contribution in [0, 0.1) is 12.7 Å². The van der Waals surface area contributed by atoms with Crippen LogP contribution < -0.4 is 11.1 Å². The maximum absolute atomic E-state index is 13.6. The Balaban J connectivity index is 2.28. The van der Waals surface area contributed by atoms with E-state index in [0.29, 0.717) is 5.69 Å². The van der Waals surface area contributed by atoms with Gasteiger partial charge in [0, 0.05) is 5.69 Å². The molecule has 0 saturated heterocycles. The Labute approximate surface area is 115 Å². The Hall–Kier alpha value is -2.07. The summed E-state index contributed by atoms with van der Waals surface area (Å²) in [4.78, 5) is 12.0. The number of nitrogens with one attached hydrogen (secondary N) is 1. The van der Waals surface area contributed by atoms with Crippen molar-refractivity contribution in [2.75, 3.05) is 11.1 Å². The molecule has 5 heteroatoms. The zero-order valence-electron chi connectivity index (χ0n) is 10.2. The summed E-state index contributed by atoms with van der Waals surface area (Å²) in [5.41, 5.74) is 7.10. The second kappa shape index (κ2) is 5.28. The molecular formula is C14H12ClFN2O. The van der Waals surface area contributed by atoms with Crippen molar-refractivity contribution < 1.29 is 9.18 Å². The number of anilines is 2. The fourth-order valence-electron chi connectivity index (χ4n) is 1.63. The summed E-state index contributed by atoms with van der Waals surface area (Å²) < 4.78 is 13.6. The molecular weight excluding hydrogens is 267 g/mol. The third kappa shape index (κ3) is 3.03. The molecule has 2 rings (SSSR count). The van der Waals surface area contributed by atoms with Gasteiger partial charge in [-0.25, -0.2) is 4.39 Å². The van der Waals surface area contributed by atoms with Gasteiger partial charge in [-0.3, -0.25) is 4.79 Å². The van der Waals surface area contributed by atoms with Gasteiger partial charge < -0.3 is 11.1 Å². The lowest BCUT2D eigenvalue weighted by molar-refractivity contribution is 0.102. The predicted octanol–water partition coefficient (Wildman–Crippen LogP) is 3.62. The van der Waals surface area contributed by atoms with Crippen molar-refractivity contribution >= 4 is 28.9 Å². The van der Waals surface area contributed by atoms with Crippen LogP contribution in [0.2, 0.25) is 5.02 Å². The summed E-state index contributed by atoms with van der Waals surface area (Å²) in [5, 5.41) is 2.73. The standard InChI is InChI=1S/C14H12ClFN2O/c1-8-2-5-13(12(16)6-8)18-14(19)10-7-9(17)3-4-11(10)15/h2-7H,17H2,1H3,(H,18,19). The van der Waals surface area contributed by atoms with E-state index >= 15 is 0 Å². The first-order valence-electron chi connectivity index (χ1n) is 5.60. The largest absolute Gasteiger partial charge is 0.399 e. The zero-order valence-corrected chi connectivity index (χ0v) is 11.0. The van der Waals surface area contributed by atoms with E-state index in [1.165, 1.54) is 24.3 Å². The Morgan fingerprint density at radius 3 is 2.68 bits per heavy atom. The van der Waals surface area contributed by atoms with Crippen molar-refractivity contribution in [3.63, 3.8) is 0 Å². The summed E-state index contributed by atoms with van der Waals surface area (Å²) in [6, 6.07) is 9.12. The summed E-state index contributed by atoms with van der Waals surface area (Å²) in [6.07, 6.45) is 0. The van der Waals surface area contributed by atoms with Gasteiger partial charge in [0.1, 0.15) is 5.82 Å². The molecule has 0 aliphatic rings. The van der Waals surface area contributed by atoms with Gasteiger partial charge in [-0.15, -0.1) is 0 Å².